The summed E-state index contributed by atoms with van der Waals surface area (Å²) in [6.07, 6.45) is 0.136. The third-order valence-electron chi connectivity index (χ3n) is 3.70. The number of ether oxygens (including phenoxy) is 1. The van der Waals surface area contributed by atoms with E-state index in [-0.39, 0.29) is 11.7 Å². The normalized spacial score (nSPS) is 23.5. The summed E-state index contributed by atoms with van der Waals surface area (Å²) in [5, 5.41) is 0. The zero-order valence-electron chi connectivity index (χ0n) is 12.4. The van der Waals surface area contributed by atoms with Gasteiger partial charge in [-0.05, 0) is 44.4 Å². The maximum Gasteiger partial charge on any atom is 0.0845 e. The zero-order valence-corrected chi connectivity index (χ0v) is 13.1. The number of halogens is 1. The minimum absolute atomic E-state index is 0.114. The van der Waals surface area contributed by atoms with Crippen LogP contribution in [0.15, 0.2) is 18.2 Å². The third kappa shape index (κ3) is 3.95. The molecule has 1 aliphatic rings. The number of nitrogens with zero attached hydrogens (tertiary/aromatic N) is 1. The molecule has 1 aromatic rings. The van der Waals surface area contributed by atoms with Gasteiger partial charge in [0.1, 0.15) is 0 Å². The number of morpholine rings is 1. The van der Waals surface area contributed by atoms with Crippen LogP contribution in [0.1, 0.15) is 30.5 Å². The molecule has 2 nitrogen and oxygen atoms in total. The van der Waals surface area contributed by atoms with E-state index in [4.69, 9.17) is 16.3 Å². The molecule has 0 saturated carbocycles. The Morgan fingerprint density at radius 2 is 2.05 bits per heavy atom. The second kappa shape index (κ2) is 5.82. The summed E-state index contributed by atoms with van der Waals surface area (Å²) in [6.45, 7) is 11.4. The van der Waals surface area contributed by atoms with Gasteiger partial charge >= 0.3 is 0 Å². The number of alkyl halides is 1. The third-order valence-corrected chi connectivity index (χ3v) is 4.05. The van der Waals surface area contributed by atoms with Crippen molar-refractivity contribution in [3.8, 4) is 0 Å². The molecule has 0 radical (unpaired) electrons. The number of hydrogen-bond donors (Lipinski definition) is 0. The van der Waals surface area contributed by atoms with Gasteiger partial charge in [0.15, 0.2) is 0 Å². The van der Waals surface area contributed by atoms with Crippen LogP contribution in [0.5, 0.6) is 0 Å². The van der Waals surface area contributed by atoms with Crippen LogP contribution < -0.4 is 0 Å². The second-order valence-corrected chi connectivity index (χ2v) is 6.55. The van der Waals surface area contributed by atoms with Crippen LogP contribution in [-0.4, -0.2) is 35.6 Å². The number of rotatable bonds is 3. The van der Waals surface area contributed by atoms with E-state index in [2.05, 4.69) is 50.8 Å². The largest absolute Gasteiger partial charge is 0.368 e. The van der Waals surface area contributed by atoms with Gasteiger partial charge in [0.05, 0.1) is 11.7 Å². The van der Waals surface area contributed by atoms with Crippen molar-refractivity contribution in [2.75, 3.05) is 19.0 Å². The molecule has 1 aromatic carbocycles. The highest BCUT2D eigenvalue weighted by Crippen LogP contribution is 2.23. The quantitative estimate of drug-likeness (QED) is 0.786. The Labute approximate surface area is 121 Å². The Hall–Kier alpha value is -0.570. The van der Waals surface area contributed by atoms with Crippen LogP contribution in [0.2, 0.25) is 0 Å². The summed E-state index contributed by atoms with van der Waals surface area (Å²) in [5.41, 5.74) is 3.97. The van der Waals surface area contributed by atoms with Crippen molar-refractivity contribution < 1.29 is 4.74 Å². The average molecular weight is 282 g/mol. The molecule has 0 bridgehead atoms. The molecule has 0 spiro atoms. The first kappa shape index (κ1) is 14.8. The number of benzene rings is 1. The Bertz CT molecular complexity index is 444. The van der Waals surface area contributed by atoms with E-state index in [0.29, 0.717) is 5.88 Å². The van der Waals surface area contributed by atoms with Crippen LogP contribution in [0, 0.1) is 13.8 Å². The molecular formula is C16H24ClNO. The van der Waals surface area contributed by atoms with Crippen LogP contribution >= 0.6 is 11.6 Å². The van der Waals surface area contributed by atoms with E-state index in [1.54, 1.807) is 0 Å². The molecule has 1 atom stereocenters. The van der Waals surface area contributed by atoms with Gasteiger partial charge in [-0.3, -0.25) is 4.90 Å². The lowest BCUT2D eigenvalue weighted by atomic mass is 10.0. The summed E-state index contributed by atoms with van der Waals surface area (Å²) in [5.74, 6) is 0.562. The van der Waals surface area contributed by atoms with Gasteiger partial charge < -0.3 is 4.74 Å². The molecule has 3 heteroatoms. The Morgan fingerprint density at radius 1 is 1.32 bits per heavy atom. The molecule has 1 saturated heterocycles. The molecule has 19 heavy (non-hydrogen) atoms. The van der Waals surface area contributed by atoms with Crippen molar-refractivity contribution in [2.24, 2.45) is 0 Å². The lowest BCUT2D eigenvalue weighted by Crippen LogP contribution is -2.52. The van der Waals surface area contributed by atoms with Gasteiger partial charge in [0.25, 0.3) is 0 Å². The van der Waals surface area contributed by atoms with E-state index >= 15 is 0 Å². The number of hydrogen-bond acceptors (Lipinski definition) is 2. The summed E-state index contributed by atoms with van der Waals surface area (Å²) >= 11 is 5.97. The fourth-order valence-corrected chi connectivity index (χ4v) is 2.94. The highest BCUT2D eigenvalue weighted by Gasteiger charge is 2.32. The first-order valence-electron chi connectivity index (χ1n) is 6.92. The SMILES string of the molecule is Cc1ccc(CN2CC(CCl)OC(C)(C)C2)cc1C. The standard InChI is InChI=1S/C16H24ClNO/c1-12-5-6-14(7-13(12)2)9-18-10-15(8-17)19-16(3,4)11-18/h5-7,15H,8-11H2,1-4H3. The number of aryl methyl sites for hydroxylation is 2. The predicted molar refractivity (Wildman–Crippen MR) is 80.9 cm³/mol. The van der Waals surface area contributed by atoms with Crippen molar-refractivity contribution >= 4 is 11.6 Å². The van der Waals surface area contributed by atoms with E-state index < -0.39 is 0 Å². The van der Waals surface area contributed by atoms with Crippen LogP contribution in [0.3, 0.4) is 0 Å². The molecule has 0 N–H and O–H groups in total. The first-order chi connectivity index (χ1) is 8.89. The monoisotopic (exact) mass is 281 g/mol. The van der Waals surface area contributed by atoms with E-state index in [1.165, 1.54) is 16.7 Å². The molecule has 1 unspecified atom stereocenters. The molecule has 1 aliphatic heterocycles. The van der Waals surface area contributed by atoms with Crippen molar-refractivity contribution in [1.29, 1.82) is 0 Å². The molecule has 0 aromatic heterocycles. The lowest BCUT2D eigenvalue weighted by Gasteiger charge is -2.42. The van der Waals surface area contributed by atoms with Gasteiger partial charge in [0, 0.05) is 25.5 Å². The highest BCUT2D eigenvalue weighted by atomic mass is 35.5. The van der Waals surface area contributed by atoms with Gasteiger partial charge in [-0.1, -0.05) is 18.2 Å². The summed E-state index contributed by atoms with van der Waals surface area (Å²) in [6, 6.07) is 6.71. The van der Waals surface area contributed by atoms with Gasteiger partial charge in [-0.2, -0.15) is 0 Å². The highest BCUT2D eigenvalue weighted by molar-refractivity contribution is 6.18. The first-order valence-corrected chi connectivity index (χ1v) is 7.45. The smallest absolute Gasteiger partial charge is 0.0845 e. The van der Waals surface area contributed by atoms with Crippen LogP contribution in [0.4, 0.5) is 0 Å². The topological polar surface area (TPSA) is 12.5 Å². The zero-order chi connectivity index (χ0) is 14.0. The molecule has 2 rings (SSSR count). The minimum Gasteiger partial charge on any atom is -0.368 e. The Morgan fingerprint density at radius 3 is 2.68 bits per heavy atom. The molecular weight excluding hydrogens is 258 g/mol. The fourth-order valence-electron chi connectivity index (χ4n) is 2.78. The molecule has 0 amide bonds. The van der Waals surface area contributed by atoms with Gasteiger partial charge in [-0.25, -0.2) is 0 Å². The lowest BCUT2D eigenvalue weighted by molar-refractivity contribution is -0.129. The van der Waals surface area contributed by atoms with Crippen LogP contribution in [-0.2, 0) is 11.3 Å². The van der Waals surface area contributed by atoms with E-state index in [0.717, 1.165) is 19.6 Å². The van der Waals surface area contributed by atoms with Gasteiger partial charge in [0.2, 0.25) is 0 Å². The Balaban J connectivity index is 2.07. The van der Waals surface area contributed by atoms with Crippen molar-refractivity contribution in [1.82, 2.24) is 4.90 Å². The van der Waals surface area contributed by atoms with E-state index in [9.17, 15) is 0 Å². The summed E-state index contributed by atoms with van der Waals surface area (Å²) < 4.78 is 5.96. The minimum atomic E-state index is -0.114. The fraction of sp³-hybridized carbons (Fsp3) is 0.625. The second-order valence-electron chi connectivity index (χ2n) is 6.24. The maximum absolute atomic E-state index is 5.97. The van der Waals surface area contributed by atoms with Gasteiger partial charge in [-0.15, -0.1) is 11.6 Å². The molecule has 1 heterocycles. The predicted octanol–water partition coefficient (Wildman–Crippen LogP) is 3.52. The Kier molecular flexibility index (Phi) is 4.54. The van der Waals surface area contributed by atoms with E-state index in [1.807, 2.05) is 0 Å². The summed E-state index contributed by atoms with van der Waals surface area (Å²) in [4.78, 5) is 2.45. The van der Waals surface area contributed by atoms with Crippen molar-refractivity contribution in [3.63, 3.8) is 0 Å². The van der Waals surface area contributed by atoms with Crippen molar-refractivity contribution in [3.05, 3.63) is 34.9 Å². The van der Waals surface area contributed by atoms with Crippen molar-refractivity contribution in [2.45, 2.75) is 45.9 Å². The average Bonchev–Trinajstić information content (AvgIpc) is 2.32. The van der Waals surface area contributed by atoms with Crippen LogP contribution in [0.25, 0.3) is 0 Å². The summed E-state index contributed by atoms with van der Waals surface area (Å²) in [7, 11) is 0. The molecule has 0 aliphatic carbocycles. The molecule has 1 fully saturated rings. The maximum atomic E-state index is 5.97. The molecule has 106 valence electrons.